The molecule has 1 aromatic rings. The smallest absolute Gasteiger partial charge is 0.309 e. The molecule has 0 spiro atoms. The molecule has 22 heavy (non-hydrogen) atoms. The van der Waals surface area contributed by atoms with Crippen molar-refractivity contribution < 1.29 is 14.3 Å². The number of carbonyl (C=O) groups is 2. The fourth-order valence-electron chi connectivity index (χ4n) is 3.57. The van der Waals surface area contributed by atoms with E-state index in [1.54, 1.807) is 11.3 Å². The Morgan fingerprint density at radius 1 is 1.41 bits per heavy atom. The Labute approximate surface area is 134 Å². The normalized spacial score (nSPS) is 25.5. The third-order valence-electron chi connectivity index (χ3n) is 4.69. The Morgan fingerprint density at radius 3 is 2.82 bits per heavy atom. The first-order valence-electron chi connectivity index (χ1n) is 7.72. The molecule has 2 aliphatic heterocycles. The molecule has 2 saturated heterocycles. The molecule has 3 atom stereocenters. The summed E-state index contributed by atoms with van der Waals surface area (Å²) >= 11 is 1.64. The van der Waals surface area contributed by atoms with E-state index in [0.29, 0.717) is 18.5 Å². The lowest BCUT2D eigenvalue weighted by atomic mass is 10.1. The minimum Gasteiger partial charge on any atom is -0.469 e. The van der Waals surface area contributed by atoms with Gasteiger partial charge in [-0.1, -0.05) is 13.0 Å². The summed E-state index contributed by atoms with van der Waals surface area (Å²) in [5.74, 6) is -0.0383. The van der Waals surface area contributed by atoms with Gasteiger partial charge in [0.25, 0.3) is 0 Å². The number of ether oxygens (including phenoxy) is 1. The molecule has 6 heteroatoms. The largest absolute Gasteiger partial charge is 0.469 e. The first-order valence-corrected chi connectivity index (χ1v) is 8.60. The molecule has 3 rings (SSSR count). The molecule has 0 saturated carbocycles. The third kappa shape index (κ3) is 3.03. The van der Waals surface area contributed by atoms with Crippen molar-refractivity contribution in [2.75, 3.05) is 26.7 Å². The summed E-state index contributed by atoms with van der Waals surface area (Å²) < 4.78 is 4.79. The lowest BCUT2D eigenvalue weighted by molar-refractivity contribution is -0.146. The zero-order valence-electron chi connectivity index (χ0n) is 13.0. The number of carbonyl (C=O) groups excluding carboxylic acids is 2. The van der Waals surface area contributed by atoms with E-state index in [0.717, 1.165) is 30.9 Å². The van der Waals surface area contributed by atoms with Gasteiger partial charge in [0.15, 0.2) is 0 Å². The van der Waals surface area contributed by atoms with Crippen LogP contribution in [0.4, 0.5) is 0 Å². The molecule has 1 amide bonds. The zero-order chi connectivity index (χ0) is 15.7. The molecule has 2 aliphatic rings. The van der Waals surface area contributed by atoms with Gasteiger partial charge in [-0.3, -0.25) is 14.5 Å². The van der Waals surface area contributed by atoms with Gasteiger partial charge in [0, 0.05) is 36.6 Å². The van der Waals surface area contributed by atoms with Crippen LogP contribution in [0.25, 0.3) is 0 Å². The Morgan fingerprint density at radius 2 is 2.23 bits per heavy atom. The van der Waals surface area contributed by atoms with Crippen LogP contribution in [0.1, 0.15) is 18.2 Å². The lowest BCUT2D eigenvalue weighted by Gasteiger charge is -2.35. The summed E-state index contributed by atoms with van der Waals surface area (Å²) in [4.78, 5) is 29.5. The highest BCUT2D eigenvalue weighted by atomic mass is 32.1. The topological polar surface area (TPSA) is 49.9 Å². The molecule has 5 nitrogen and oxygen atoms in total. The number of methoxy groups -OCH3 is 1. The maximum atomic E-state index is 12.4. The van der Waals surface area contributed by atoms with Gasteiger partial charge in [-0.05, 0) is 17.9 Å². The average Bonchev–Trinajstić information content (AvgIpc) is 3.22. The van der Waals surface area contributed by atoms with Crippen LogP contribution in [-0.4, -0.2) is 60.5 Å². The highest BCUT2D eigenvalue weighted by molar-refractivity contribution is 7.10. The van der Waals surface area contributed by atoms with Gasteiger partial charge in [-0.2, -0.15) is 0 Å². The molecule has 0 N–H and O–H groups in total. The predicted octanol–water partition coefficient (Wildman–Crippen LogP) is 1.38. The third-order valence-corrected chi connectivity index (χ3v) is 5.57. The molecule has 2 fully saturated rings. The minimum atomic E-state index is -0.159. The monoisotopic (exact) mass is 322 g/mol. The van der Waals surface area contributed by atoms with E-state index in [1.807, 2.05) is 29.3 Å². The molecule has 0 aromatic carbocycles. The van der Waals surface area contributed by atoms with Crippen molar-refractivity contribution in [2.45, 2.75) is 31.8 Å². The number of likely N-dealkylation sites (tertiary alicyclic amines) is 2. The van der Waals surface area contributed by atoms with Crippen molar-refractivity contribution in [1.82, 2.24) is 9.80 Å². The van der Waals surface area contributed by atoms with E-state index >= 15 is 0 Å². The predicted molar refractivity (Wildman–Crippen MR) is 84.7 cm³/mol. The van der Waals surface area contributed by atoms with Gasteiger partial charge in [0.2, 0.25) is 5.91 Å². The van der Waals surface area contributed by atoms with Crippen molar-refractivity contribution in [3.8, 4) is 0 Å². The van der Waals surface area contributed by atoms with E-state index in [2.05, 4.69) is 4.90 Å². The lowest BCUT2D eigenvalue weighted by Crippen LogP contribution is -2.50. The second-order valence-electron chi connectivity index (χ2n) is 6.22. The molecular weight excluding hydrogens is 300 g/mol. The summed E-state index contributed by atoms with van der Waals surface area (Å²) in [5, 5.41) is 2.01. The molecule has 0 radical (unpaired) electrons. The molecular formula is C16H22N2O3S. The number of amides is 1. The van der Waals surface area contributed by atoms with Crippen LogP contribution in [0, 0.1) is 5.92 Å². The van der Waals surface area contributed by atoms with Crippen LogP contribution >= 0.6 is 11.3 Å². The highest BCUT2D eigenvalue weighted by Crippen LogP contribution is 2.32. The Balaban J connectivity index is 1.53. The van der Waals surface area contributed by atoms with Crippen molar-refractivity contribution in [3.63, 3.8) is 0 Å². The summed E-state index contributed by atoms with van der Waals surface area (Å²) in [7, 11) is 1.43. The number of piperazine rings is 1. The number of hydrogen-bond donors (Lipinski definition) is 0. The average molecular weight is 322 g/mol. The van der Waals surface area contributed by atoms with Crippen LogP contribution in [0.2, 0.25) is 0 Å². The van der Waals surface area contributed by atoms with Gasteiger partial charge in [0.1, 0.15) is 0 Å². The van der Waals surface area contributed by atoms with Gasteiger partial charge < -0.3 is 9.64 Å². The summed E-state index contributed by atoms with van der Waals surface area (Å²) in [6, 6.07) is 4.70. The summed E-state index contributed by atoms with van der Waals surface area (Å²) in [6.45, 7) is 4.29. The first kappa shape index (κ1) is 15.5. The number of thiophene rings is 1. The van der Waals surface area contributed by atoms with Gasteiger partial charge >= 0.3 is 5.97 Å². The fraction of sp³-hybridized carbons (Fsp3) is 0.625. The van der Waals surface area contributed by atoms with Crippen LogP contribution in [0.5, 0.6) is 0 Å². The summed E-state index contributed by atoms with van der Waals surface area (Å²) in [5.41, 5.74) is 0. The second kappa shape index (κ2) is 6.38. The Bertz CT molecular complexity index is 546. The maximum absolute atomic E-state index is 12.4. The highest BCUT2D eigenvalue weighted by Gasteiger charge is 2.45. The SMILES string of the molecule is COC(=O)[C@@H](C)CN1C[C@@H]2C[C@H]1CN2C(=O)Cc1cccs1. The Kier molecular flexibility index (Phi) is 4.49. The van der Waals surface area contributed by atoms with Crippen molar-refractivity contribution >= 4 is 23.2 Å². The van der Waals surface area contributed by atoms with E-state index in [9.17, 15) is 9.59 Å². The molecule has 1 aromatic heterocycles. The molecule has 0 aliphatic carbocycles. The number of hydrogen-bond acceptors (Lipinski definition) is 5. The zero-order valence-corrected chi connectivity index (χ0v) is 13.8. The van der Waals surface area contributed by atoms with Crippen LogP contribution in [0.15, 0.2) is 17.5 Å². The molecule has 120 valence electrons. The molecule has 2 bridgehead atoms. The van der Waals surface area contributed by atoms with E-state index < -0.39 is 0 Å². The number of esters is 1. The number of fused-ring (bicyclic) bond motifs is 2. The second-order valence-corrected chi connectivity index (χ2v) is 7.26. The van der Waals surface area contributed by atoms with Crippen LogP contribution < -0.4 is 0 Å². The van der Waals surface area contributed by atoms with Crippen molar-refractivity contribution in [2.24, 2.45) is 5.92 Å². The fourth-order valence-corrected chi connectivity index (χ4v) is 4.27. The van der Waals surface area contributed by atoms with Crippen molar-refractivity contribution in [1.29, 1.82) is 0 Å². The maximum Gasteiger partial charge on any atom is 0.309 e. The van der Waals surface area contributed by atoms with Gasteiger partial charge in [-0.25, -0.2) is 0 Å². The number of rotatable bonds is 5. The first-order chi connectivity index (χ1) is 10.6. The number of nitrogens with zero attached hydrogens (tertiary/aromatic N) is 2. The Hall–Kier alpha value is -1.40. The minimum absolute atomic E-state index is 0.111. The van der Waals surface area contributed by atoms with Crippen LogP contribution in [0.3, 0.4) is 0 Å². The quantitative estimate of drug-likeness (QED) is 0.769. The van der Waals surface area contributed by atoms with Crippen molar-refractivity contribution in [3.05, 3.63) is 22.4 Å². The van der Waals surface area contributed by atoms with Crippen LogP contribution in [-0.2, 0) is 20.7 Å². The summed E-state index contributed by atoms with van der Waals surface area (Å²) in [6.07, 6.45) is 1.55. The van der Waals surface area contributed by atoms with E-state index in [4.69, 9.17) is 4.74 Å². The van der Waals surface area contributed by atoms with Gasteiger partial charge in [-0.15, -0.1) is 11.3 Å². The molecule has 3 heterocycles. The standard InChI is InChI=1S/C16H22N2O3S/c1-11(16(20)21-2)8-17-9-13-6-12(17)10-18(13)15(19)7-14-4-3-5-22-14/h3-5,11-13H,6-10H2,1-2H3/t11-,12-,13-/m0/s1. The molecule has 0 unspecified atom stereocenters. The van der Waals surface area contributed by atoms with E-state index in [-0.39, 0.29) is 17.8 Å². The van der Waals surface area contributed by atoms with E-state index in [1.165, 1.54) is 7.11 Å². The van der Waals surface area contributed by atoms with Gasteiger partial charge in [0.05, 0.1) is 19.4 Å².